The van der Waals surface area contributed by atoms with Gasteiger partial charge >= 0.3 is 0 Å². The summed E-state index contributed by atoms with van der Waals surface area (Å²) in [5.74, 6) is 6.65. The summed E-state index contributed by atoms with van der Waals surface area (Å²) in [5.41, 5.74) is 6.85. The molecule has 0 fully saturated rings. The molecule has 2 N–H and O–H groups in total. The van der Waals surface area contributed by atoms with Gasteiger partial charge in [-0.15, -0.1) is 11.8 Å². The van der Waals surface area contributed by atoms with Crippen LogP contribution < -0.4 is 10.5 Å². The van der Waals surface area contributed by atoms with E-state index >= 15 is 0 Å². The van der Waals surface area contributed by atoms with E-state index in [-0.39, 0.29) is 6.04 Å². The zero-order valence-corrected chi connectivity index (χ0v) is 11.1. The van der Waals surface area contributed by atoms with Gasteiger partial charge in [0.15, 0.2) is 0 Å². The van der Waals surface area contributed by atoms with Crippen LogP contribution in [0.25, 0.3) is 0 Å². The molecule has 0 aliphatic heterocycles. The first-order chi connectivity index (χ1) is 8.13. The largest absolute Gasteiger partial charge is 0.492 e. The normalized spacial score (nSPS) is 11.5. The van der Waals surface area contributed by atoms with Crippen molar-refractivity contribution in [2.45, 2.75) is 32.7 Å². The van der Waals surface area contributed by atoms with Gasteiger partial charge in [-0.25, -0.2) is 0 Å². The average Bonchev–Trinajstić information content (AvgIpc) is 2.26. The predicted molar refractivity (Wildman–Crippen MR) is 72.4 cm³/mol. The fourth-order valence-electron chi connectivity index (χ4n) is 1.53. The molecule has 0 aliphatic carbocycles. The van der Waals surface area contributed by atoms with E-state index in [1.165, 1.54) is 0 Å². The van der Waals surface area contributed by atoms with E-state index in [0.29, 0.717) is 11.6 Å². The summed E-state index contributed by atoms with van der Waals surface area (Å²) in [6, 6.07) is 5.71. The van der Waals surface area contributed by atoms with Gasteiger partial charge in [0.25, 0.3) is 0 Å². The zero-order chi connectivity index (χ0) is 12.7. The molecule has 0 aliphatic rings. The summed E-state index contributed by atoms with van der Waals surface area (Å²) in [6.07, 6.45) is 1.49. The van der Waals surface area contributed by atoms with Crippen LogP contribution in [-0.4, -0.2) is 12.6 Å². The van der Waals surface area contributed by atoms with E-state index in [1.807, 2.05) is 32.0 Å². The van der Waals surface area contributed by atoms with Gasteiger partial charge in [-0.3, -0.25) is 0 Å². The third-order valence-electron chi connectivity index (χ3n) is 2.23. The summed E-state index contributed by atoms with van der Waals surface area (Å²) in [4.78, 5) is 0. The monoisotopic (exact) mass is 251 g/mol. The predicted octanol–water partition coefficient (Wildman–Crippen LogP) is 3.02. The molecule has 0 aromatic heterocycles. The van der Waals surface area contributed by atoms with Crippen molar-refractivity contribution in [3.63, 3.8) is 0 Å². The third kappa shape index (κ3) is 5.12. The van der Waals surface area contributed by atoms with Crippen molar-refractivity contribution in [1.29, 1.82) is 0 Å². The molecule has 1 unspecified atom stereocenters. The Morgan fingerprint density at radius 3 is 2.88 bits per heavy atom. The lowest BCUT2D eigenvalue weighted by atomic mass is 10.1. The molecule has 1 atom stereocenters. The average molecular weight is 252 g/mol. The molecule has 0 heterocycles. The van der Waals surface area contributed by atoms with Crippen LogP contribution in [0.3, 0.4) is 0 Å². The van der Waals surface area contributed by atoms with E-state index in [9.17, 15) is 0 Å². The molecule has 1 aromatic carbocycles. The Morgan fingerprint density at radius 1 is 1.47 bits per heavy atom. The highest BCUT2D eigenvalue weighted by Crippen LogP contribution is 2.24. The van der Waals surface area contributed by atoms with Gasteiger partial charge in [0.05, 0.1) is 6.61 Å². The summed E-state index contributed by atoms with van der Waals surface area (Å²) in [6.45, 7) is 4.38. The van der Waals surface area contributed by atoms with Crippen molar-refractivity contribution in [2.24, 2.45) is 5.73 Å². The maximum absolute atomic E-state index is 5.97. The summed E-state index contributed by atoms with van der Waals surface area (Å²) >= 11 is 5.97. The van der Waals surface area contributed by atoms with Crippen LogP contribution in [0.5, 0.6) is 5.75 Å². The minimum Gasteiger partial charge on any atom is -0.492 e. The molecule has 0 saturated heterocycles. The summed E-state index contributed by atoms with van der Waals surface area (Å²) < 4.78 is 5.68. The first kappa shape index (κ1) is 13.9. The Labute approximate surface area is 108 Å². The highest BCUT2D eigenvalue weighted by molar-refractivity contribution is 6.30. The number of rotatable bonds is 5. The second kappa shape index (κ2) is 7.21. The van der Waals surface area contributed by atoms with Crippen LogP contribution in [-0.2, 0) is 6.42 Å². The number of halogens is 1. The van der Waals surface area contributed by atoms with Gasteiger partial charge in [0.2, 0.25) is 0 Å². The number of benzene rings is 1. The Hall–Kier alpha value is -1.17. The molecular weight excluding hydrogens is 234 g/mol. The number of hydrogen-bond donors (Lipinski definition) is 1. The molecule has 1 aromatic rings. The molecule has 0 spiro atoms. The van der Waals surface area contributed by atoms with Gasteiger partial charge < -0.3 is 10.5 Å². The molecule has 0 saturated carbocycles. The van der Waals surface area contributed by atoms with Crippen molar-refractivity contribution >= 4 is 11.6 Å². The highest BCUT2D eigenvalue weighted by atomic mass is 35.5. The van der Waals surface area contributed by atoms with Gasteiger partial charge in [0, 0.05) is 17.5 Å². The van der Waals surface area contributed by atoms with Gasteiger partial charge in [-0.05, 0) is 44.0 Å². The van der Waals surface area contributed by atoms with Crippen LogP contribution in [0.1, 0.15) is 25.8 Å². The van der Waals surface area contributed by atoms with Crippen LogP contribution in [0, 0.1) is 11.8 Å². The van der Waals surface area contributed by atoms with Crippen LogP contribution >= 0.6 is 11.6 Å². The van der Waals surface area contributed by atoms with Crippen molar-refractivity contribution in [3.8, 4) is 17.6 Å². The number of hydrogen-bond acceptors (Lipinski definition) is 2. The Balaban J connectivity index is 2.70. The second-order valence-electron chi connectivity index (χ2n) is 3.96. The Bertz CT molecular complexity index is 418. The third-order valence-corrected chi connectivity index (χ3v) is 2.46. The van der Waals surface area contributed by atoms with E-state index in [4.69, 9.17) is 22.1 Å². The fraction of sp³-hybridized carbons (Fsp3) is 0.429. The Kier molecular flexibility index (Phi) is 5.90. The molecule has 0 bridgehead atoms. The minimum absolute atomic E-state index is 0.0891. The topological polar surface area (TPSA) is 35.2 Å². The molecule has 92 valence electrons. The van der Waals surface area contributed by atoms with Crippen LogP contribution in [0.15, 0.2) is 18.2 Å². The van der Waals surface area contributed by atoms with Gasteiger partial charge in [-0.1, -0.05) is 11.6 Å². The van der Waals surface area contributed by atoms with E-state index < -0.39 is 0 Å². The van der Waals surface area contributed by atoms with Crippen molar-refractivity contribution in [2.75, 3.05) is 6.61 Å². The molecule has 3 heteroatoms. The van der Waals surface area contributed by atoms with E-state index in [0.717, 1.165) is 24.2 Å². The molecule has 17 heavy (non-hydrogen) atoms. The molecule has 1 rings (SSSR count). The fourth-order valence-corrected chi connectivity index (χ4v) is 1.73. The highest BCUT2D eigenvalue weighted by Gasteiger charge is 2.07. The smallest absolute Gasteiger partial charge is 0.122 e. The number of ether oxygens (including phenoxy) is 1. The summed E-state index contributed by atoms with van der Waals surface area (Å²) in [5, 5.41) is 0.710. The molecule has 2 nitrogen and oxygen atoms in total. The first-order valence-corrected chi connectivity index (χ1v) is 6.07. The molecule has 0 amide bonds. The van der Waals surface area contributed by atoms with Crippen molar-refractivity contribution in [1.82, 2.24) is 0 Å². The quantitative estimate of drug-likeness (QED) is 0.645. The van der Waals surface area contributed by atoms with Crippen molar-refractivity contribution in [3.05, 3.63) is 28.8 Å². The maximum atomic E-state index is 5.97. The lowest BCUT2D eigenvalue weighted by Gasteiger charge is -2.12. The summed E-state index contributed by atoms with van der Waals surface area (Å²) in [7, 11) is 0. The molecular formula is C14H18ClNO. The standard InChI is InChI=1S/C14H18ClNO/c1-3-4-5-8-17-14-7-6-13(15)10-12(14)9-11(2)16/h6-7,10-11H,5,8-9,16H2,1-2H3. The lowest BCUT2D eigenvalue weighted by Crippen LogP contribution is -2.18. The first-order valence-electron chi connectivity index (χ1n) is 5.70. The Morgan fingerprint density at radius 2 is 2.24 bits per heavy atom. The molecule has 0 radical (unpaired) electrons. The van der Waals surface area contributed by atoms with Crippen LogP contribution in [0.2, 0.25) is 5.02 Å². The van der Waals surface area contributed by atoms with E-state index in [2.05, 4.69) is 11.8 Å². The van der Waals surface area contributed by atoms with E-state index in [1.54, 1.807) is 0 Å². The van der Waals surface area contributed by atoms with Gasteiger partial charge in [-0.2, -0.15) is 0 Å². The zero-order valence-electron chi connectivity index (χ0n) is 10.3. The minimum atomic E-state index is 0.0891. The van der Waals surface area contributed by atoms with Crippen LogP contribution in [0.4, 0.5) is 0 Å². The second-order valence-corrected chi connectivity index (χ2v) is 4.40. The van der Waals surface area contributed by atoms with Gasteiger partial charge in [0.1, 0.15) is 5.75 Å². The number of nitrogens with two attached hydrogens (primary N) is 1. The lowest BCUT2D eigenvalue weighted by molar-refractivity contribution is 0.323. The maximum Gasteiger partial charge on any atom is 0.122 e. The van der Waals surface area contributed by atoms with Crippen molar-refractivity contribution < 1.29 is 4.74 Å². The SMILES string of the molecule is CC#CCCOc1ccc(Cl)cc1CC(C)N.